The number of rotatable bonds is 3. The lowest BCUT2D eigenvalue weighted by Crippen LogP contribution is -2.50. The average molecular weight is 381 g/mol. The Kier molecular flexibility index (Phi) is 4.52. The number of nitrogen functional groups attached to an aromatic ring is 1. The van der Waals surface area contributed by atoms with Crippen molar-refractivity contribution in [3.05, 3.63) is 57.2 Å². The Labute approximate surface area is 159 Å². The molecule has 0 bridgehead atoms. The molecule has 1 aromatic carbocycles. The Morgan fingerprint density at radius 3 is 2.64 bits per heavy atom. The summed E-state index contributed by atoms with van der Waals surface area (Å²) >= 11 is 0. The molecule has 1 aliphatic rings. The van der Waals surface area contributed by atoms with Crippen LogP contribution in [0.3, 0.4) is 0 Å². The zero-order valence-corrected chi connectivity index (χ0v) is 15.0. The van der Waals surface area contributed by atoms with Crippen LogP contribution in [0.4, 0.5) is 11.8 Å². The van der Waals surface area contributed by atoms with E-state index >= 15 is 0 Å². The highest BCUT2D eigenvalue weighted by Gasteiger charge is 2.23. The number of carbonyl (C=O) groups is 1. The minimum atomic E-state index is -0.317. The van der Waals surface area contributed by atoms with Crippen LogP contribution in [0.5, 0.6) is 0 Å². The lowest BCUT2D eigenvalue weighted by Gasteiger charge is -2.35. The zero-order valence-electron chi connectivity index (χ0n) is 15.0. The van der Waals surface area contributed by atoms with Gasteiger partial charge in [0, 0.05) is 37.6 Å². The van der Waals surface area contributed by atoms with Crippen molar-refractivity contribution in [2.45, 2.75) is 6.54 Å². The normalized spacial score (nSPS) is 14.4. The lowest BCUT2D eigenvalue weighted by molar-refractivity contribution is -0.132. The van der Waals surface area contributed by atoms with Crippen molar-refractivity contribution in [3.63, 3.8) is 0 Å². The number of carbonyl (C=O) groups excluding carboxylic acids is 1. The van der Waals surface area contributed by atoms with E-state index in [9.17, 15) is 14.4 Å². The molecule has 1 fully saturated rings. The summed E-state index contributed by atoms with van der Waals surface area (Å²) in [6, 6.07) is 8.53. The molecule has 28 heavy (non-hydrogen) atoms. The van der Waals surface area contributed by atoms with E-state index in [0.29, 0.717) is 37.4 Å². The van der Waals surface area contributed by atoms with E-state index in [4.69, 9.17) is 5.73 Å². The van der Waals surface area contributed by atoms with Crippen molar-refractivity contribution in [2.24, 2.45) is 0 Å². The molecule has 0 aliphatic carbocycles. The van der Waals surface area contributed by atoms with Crippen molar-refractivity contribution in [2.75, 3.05) is 36.8 Å². The Balaban J connectivity index is 1.44. The van der Waals surface area contributed by atoms with Crippen LogP contribution in [-0.4, -0.2) is 56.7 Å². The quantitative estimate of drug-likeness (QED) is 0.620. The Morgan fingerprint density at radius 2 is 1.89 bits per heavy atom. The van der Waals surface area contributed by atoms with E-state index < -0.39 is 0 Å². The van der Waals surface area contributed by atoms with Crippen LogP contribution in [0, 0.1) is 0 Å². The summed E-state index contributed by atoms with van der Waals surface area (Å²) < 4.78 is 1.19. The first-order chi connectivity index (χ1) is 13.5. The summed E-state index contributed by atoms with van der Waals surface area (Å²) in [4.78, 5) is 46.8. The molecule has 1 amide bonds. The van der Waals surface area contributed by atoms with Crippen molar-refractivity contribution >= 4 is 28.4 Å². The summed E-state index contributed by atoms with van der Waals surface area (Å²) in [5.74, 6) is 0.367. The number of nitrogens with zero attached hydrogens (tertiary/aromatic N) is 5. The van der Waals surface area contributed by atoms with Gasteiger partial charge < -0.3 is 15.5 Å². The third-order valence-corrected chi connectivity index (χ3v) is 4.75. The number of H-pyrrole nitrogens is 1. The molecule has 144 valence electrons. The van der Waals surface area contributed by atoms with Crippen molar-refractivity contribution in [1.29, 1.82) is 0 Å². The number of fused-ring (bicyclic) bond motifs is 1. The predicted octanol–water partition coefficient (Wildman–Crippen LogP) is -0.589. The standard InChI is InChI=1S/C18H19N7O3/c19-18-21-14(9-15(26)22-18)23-5-7-24(8-6-23)16(27)11-25-17(28)13-4-2-1-3-12(13)10-20-25/h1-4,9-10H,5-8,11H2,(H3,19,21,22,26). The maximum atomic E-state index is 12.6. The summed E-state index contributed by atoms with van der Waals surface area (Å²) in [5, 5.41) is 5.39. The number of piperazine rings is 1. The Hall–Kier alpha value is -3.69. The van der Waals surface area contributed by atoms with Crippen LogP contribution in [0.2, 0.25) is 0 Å². The molecule has 1 saturated heterocycles. The summed E-state index contributed by atoms with van der Waals surface area (Å²) in [6.07, 6.45) is 1.59. The third-order valence-electron chi connectivity index (χ3n) is 4.75. The highest BCUT2D eigenvalue weighted by Crippen LogP contribution is 2.13. The Morgan fingerprint density at radius 1 is 1.14 bits per heavy atom. The zero-order chi connectivity index (χ0) is 19.7. The number of nitrogens with one attached hydrogen (secondary N) is 1. The second kappa shape index (κ2) is 7.14. The van der Waals surface area contributed by atoms with Gasteiger partial charge in [-0.2, -0.15) is 10.1 Å². The second-order valence-corrected chi connectivity index (χ2v) is 6.55. The molecule has 4 rings (SSSR count). The molecule has 3 aromatic rings. The SMILES string of the molecule is Nc1nc(N2CCN(C(=O)Cn3ncc4ccccc4c3=O)CC2)cc(=O)[nH]1. The van der Waals surface area contributed by atoms with Gasteiger partial charge in [-0.1, -0.05) is 18.2 Å². The topological polar surface area (TPSA) is 130 Å². The summed E-state index contributed by atoms with van der Waals surface area (Å²) in [5.41, 5.74) is 4.98. The highest BCUT2D eigenvalue weighted by atomic mass is 16.2. The Bertz CT molecular complexity index is 1150. The first-order valence-electron chi connectivity index (χ1n) is 8.86. The molecule has 0 spiro atoms. The minimum absolute atomic E-state index is 0.0581. The van der Waals surface area contributed by atoms with E-state index in [1.165, 1.54) is 10.7 Å². The van der Waals surface area contributed by atoms with E-state index in [1.54, 1.807) is 23.2 Å². The molecule has 0 atom stereocenters. The number of anilines is 2. The van der Waals surface area contributed by atoms with Crippen LogP contribution >= 0.6 is 0 Å². The van der Waals surface area contributed by atoms with Gasteiger partial charge in [0.1, 0.15) is 12.4 Å². The molecular weight excluding hydrogens is 362 g/mol. The van der Waals surface area contributed by atoms with Gasteiger partial charge in [-0.25, -0.2) is 4.68 Å². The van der Waals surface area contributed by atoms with Crippen molar-refractivity contribution in [3.8, 4) is 0 Å². The van der Waals surface area contributed by atoms with Gasteiger partial charge in [0.05, 0.1) is 11.6 Å². The first-order valence-corrected chi connectivity index (χ1v) is 8.86. The number of hydrogen-bond acceptors (Lipinski definition) is 7. The molecule has 0 unspecified atom stereocenters. The van der Waals surface area contributed by atoms with E-state index in [2.05, 4.69) is 15.1 Å². The fourth-order valence-corrected chi connectivity index (χ4v) is 3.28. The monoisotopic (exact) mass is 381 g/mol. The van der Waals surface area contributed by atoms with E-state index in [0.717, 1.165) is 5.39 Å². The highest BCUT2D eigenvalue weighted by molar-refractivity contribution is 5.81. The van der Waals surface area contributed by atoms with Crippen LogP contribution in [0.25, 0.3) is 10.8 Å². The van der Waals surface area contributed by atoms with Crippen LogP contribution in [-0.2, 0) is 11.3 Å². The molecule has 3 N–H and O–H groups in total. The van der Waals surface area contributed by atoms with Crippen molar-refractivity contribution < 1.29 is 4.79 Å². The number of benzene rings is 1. The third kappa shape index (κ3) is 3.43. The number of aromatic amines is 1. The lowest BCUT2D eigenvalue weighted by atomic mass is 10.2. The molecule has 0 saturated carbocycles. The van der Waals surface area contributed by atoms with Crippen LogP contribution in [0.15, 0.2) is 46.1 Å². The molecule has 0 radical (unpaired) electrons. The molecule has 10 nitrogen and oxygen atoms in total. The van der Waals surface area contributed by atoms with E-state index in [-0.39, 0.29) is 29.5 Å². The van der Waals surface area contributed by atoms with Gasteiger partial charge in [0.15, 0.2) is 0 Å². The number of aromatic nitrogens is 4. The van der Waals surface area contributed by atoms with E-state index in [1.807, 2.05) is 17.0 Å². The fraction of sp³-hybridized carbons (Fsp3) is 0.278. The fourth-order valence-electron chi connectivity index (χ4n) is 3.28. The average Bonchev–Trinajstić information content (AvgIpc) is 2.69. The van der Waals surface area contributed by atoms with Gasteiger partial charge in [0.2, 0.25) is 11.9 Å². The maximum absolute atomic E-state index is 12.6. The number of hydrogen-bond donors (Lipinski definition) is 2. The molecular formula is C18H19N7O3. The van der Waals surface area contributed by atoms with Crippen molar-refractivity contribution in [1.82, 2.24) is 24.6 Å². The van der Waals surface area contributed by atoms with Gasteiger partial charge in [0.25, 0.3) is 11.1 Å². The molecule has 2 aromatic heterocycles. The smallest absolute Gasteiger partial charge is 0.275 e. The number of nitrogens with two attached hydrogens (primary N) is 1. The molecule has 10 heteroatoms. The summed E-state index contributed by atoms with van der Waals surface area (Å²) in [7, 11) is 0. The molecule has 3 heterocycles. The first kappa shape index (κ1) is 17.7. The van der Waals surface area contributed by atoms with Gasteiger partial charge in [-0.15, -0.1) is 0 Å². The predicted molar refractivity (Wildman–Crippen MR) is 104 cm³/mol. The summed E-state index contributed by atoms with van der Waals surface area (Å²) in [6.45, 7) is 1.83. The largest absolute Gasteiger partial charge is 0.369 e. The van der Waals surface area contributed by atoms with Crippen LogP contribution in [0.1, 0.15) is 0 Å². The minimum Gasteiger partial charge on any atom is -0.369 e. The second-order valence-electron chi connectivity index (χ2n) is 6.55. The maximum Gasteiger partial charge on any atom is 0.275 e. The van der Waals surface area contributed by atoms with Gasteiger partial charge in [-0.05, 0) is 6.07 Å². The van der Waals surface area contributed by atoms with Gasteiger partial charge >= 0.3 is 0 Å². The molecule has 1 aliphatic heterocycles. The van der Waals surface area contributed by atoms with Gasteiger partial charge in [-0.3, -0.25) is 19.4 Å². The van der Waals surface area contributed by atoms with Crippen LogP contribution < -0.4 is 21.8 Å². The number of amides is 1.